The zero-order valence-corrected chi connectivity index (χ0v) is 9.30. The summed E-state index contributed by atoms with van der Waals surface area (Å²) >= 11 is 0. The summed E-state index contributed by atoms with van der Waals surface area (Å²) in [4.78, 5) is 18.2. The van der Waals surface area contributed by atoms with Crippen molar-refractivity contribution in [2.75, 3.05) is 6.61 Å². The molecule has 6 heteroatoms. The molecule has 1 aromatic heterocycles. The van der Waals surface area contributed by atoms with Crippen molar-refractivity contribution in [1.29, 1.82) is 0 Å². The van der Waals surface area contributed by atoms with Crippen LogP contribution in [0.3, 0.4) is 0 Å². The molecule has 0 aliphatic rings. The van der Waals surface area contributed by atoms with Crippen LogP contribution >= 0.6 is 0 Å². The predicted octanol–water partition coefficient (Wildman–Crippen LogP) is 1.64. The Morgan fingerprint density at radius 1 is 1.59 bits per heavy atom. The third-order valence-electron chi connectivity index (χ3n) is 2.03. The Hall–Kier alpha value is -2.37. The lowest BCUT2D eigenvalue weighted by Crippen LogP contribution is -2.18. The van der Waals surface area contributed by atoms with Gasteiger partial charge in [-0.05, 0) is 19.1 Å². The molecule has 0 radical (unpaired) electrons. The summed E-state index contributed by atoms with van der Waals surface area (Å²) in [5, 5.41) is 3.71. The number of imidazole rings is 1. The number of hydrogen-bond acceptors (Lipinski definition) is 4. The maximum Gasteiger partial charge on any atom is 0.427 e. The molecule has 0 saturated heterocycles. The second-order valence-electron chi connectivity index (χ2n) is 3.23. The van der Waals surface area contributed by atoms with Gasteiger partial charge in [0.05, 0.1) is 23.9 Å². The summed E-state index contributed by atoms with van der Waals surface area (Å²) in [6, 6.07) is 7.62. The molecule has 1 amide bonds. The minimum Gasteiger partial charge on any atom is -0.449 e. The van der Waals surface area contributed by atoms with E-state index in [-0.39, 0.29) is 0 Å². The molecule has 2 N–H and O–H groups in total. The lowest BCUT2D eigenvalue weighted by Gasteiger charge is -1.97. The standard InChI is InChI=1S/C11H12N4O2/c1-2-17-11(16)15-12-7-10-13-8-5-3-4-6-9(8)14-10/h3-7H,2H2,1H3,(H,13,14)(H,15,16). The first-order valence-corrected chi connectivity index (χ1v) is 5.20. The Balaban J connectivity index is 2.03. The molecule has 0 spiro atoms. The molecule has 1 aromatic carbocycles. The number of nitrogens with zero attached hydrogens (tertiary/aromatic N) is 2. The zero-order chi connectivity index (χ0) is 12.1. The number of carbonyl (C=O) groups is 1. The van der Waals surface area contributed by atoms with E-state index >= 15 is 0 Å². The maximum absolute atomic E-state index is 10.9. The van der Waals surface area contributed by atoms with Gasteiger partial charge in [-0.2, -0.15) is 5.10 Å². The Morgan fingerprint density at radius 3 is 3.18 bits per heavy atom. The third kappa shape index (κ3) is 2.81. The quantitative estimate of drug-likeness (QED) is 0.623. The van der Waals surface area contributed by atoms with Crippen molar-refractivity contribution in [3.05, 3.63) is 30.1 Å². The summed E-state index contributed by atoms with van der Waals surface area (Å²) in [5.41, 5.74) is 4.00. The van der Waals surface area contributed by atoms with Gasteiger partial charge in [0.25, 0.3) is 0 Å². The van der Waals surface area contributed by atoms with E-state index < -0.39 is 6.09 Å². The molecule has 1 heterocycles. The van der Waals surface area contributed by atoms with Gasteiger partial charge in [-0.25, -0.2) is 15.2 Å². The minimum absolute atomic E-state index is 0.311. The van der Waals surface area contributed by atoms with E-state index in [1.165, 1.54) is 6.21 Å². The monoisotopic (exact) mass is 232 g/mol. The number of aromatic amines is 1. The highest BCUT2D eigenvalue weighted by molar-refractivity contribution is 5.84. The normalized spacial score (nSPS) is 10.9. The molecule has 88 valence electrons. The highest BCUT2D eigenvalue weighted by Crippen LogP contribution is 2.08. The Kier molecular flexibility index (Phi) is 3.34. The van der Waals surface area contributed by atoms with Gasteiger partial charge < -0.3 is 9.72 Å². The average Bonchev–Trinajstić information content (AvgIpc) is 2.71. The highest BCUT2D eigenvalue weighted by Gasteiger charge is 1.99. The van der Waals surface area contributed by atoms with Gasteiger partial charge in [0.2, 0.25) is 0 Å². The van der Waals surface area contributed by atoms with Crippen LogP contribution in [-0.2, 0) is 4.74 Å². The summed E-state index contributed by atoms with van der Waals surface area (Å²) in [7, 11) is 0. The van der Waals surface area contributed by atoms with E-state index in [1.807, 2.05) is 24.3 Å². The Bertz CT molecular complexity index is 514. The molecule has 0 saturated carbocycles. The zero-order valence-electron chi connectivity index (χ0n) is 9.30. The van der Waals surface area contributed by atoms with Crippen LogP contribution in [0.15, 0.2) is 29.4 Å². The van der Waals surface area contributed by atoms with Crippen LogP contribution in [0.25, 0.3) is 11.0 Å². The molecule has 17 heavy (non-hydrogen) atoms. The van der Waals surface area contributed by atoms with Crippen molar-refractivity contribution < 1.29 is 9.53 Å². The van der Waals surface area contributed by atoms with Gasteiger partial charge in [0, 0.05) is 0 Å². The third-order valence-corrected chi connectivity index (χ3v) is 2.03. The van der Waals surface area contributed by atoms with E-state index in [0.29, 0.717) is 12.4 Å². The lowest BCUT2D eigenvalue weighted by atomic mass is 10.3. The van der Waals surface area contributed by atoms with Crippen LogP contribution in [0.1, 0.15) is 12.7 Å². The van der Waals surface area contributed by atoms with Crippen LogP contribution in [0, 0.1) is 0 Å². The number of benzene rings is 1. The van der Waals surface area contributed by atoms with E-state index in [1.54, 1.807) is 6.92 Å². The summed E-state index contributed by atoms with van der Waals surface area (Å²) < 4.78 is 4.64. The van der Waals surface area contributed by atoms with Crippen molar-refractivity contribution in [2.24, 2.45) is 5.10 Å². The summed E-state index contributed by atoms with van der Waals surface area (Å²) in [6.45, 7) is 2.04. The first-order valence-electron chi connectivity index (χ1n) is 5.20. The Morgan fingerprint density at radius 2 is 2.41 bits per heavy atom. The van der Waals surface area contributed by atoms with Crippen LogP contribution in [0.4, 0.5) is 4.79 Å². The van der Waals surface area contributed by atoms with Crippen molar-refractivity contribution in [2.45, 2.75) is 6.92 Å². The van der Waals surface area contributed by atoms with Crippen LogP contribution in [0.5, 0.6) is 0 Å². The molecule has 0 bridgehead atoms. The van der Waals surface area contributed by atoms with E-state index in [9.17, 15) is 4.79 Å². The maximum atomic E-state index is 10.9. The number of rotatable bonds is 3. The molecule has 0 fully saturated rings. The second-order valence-corrected chi connectivity index (χ2v) is 3.23. The van der Waals surface area contributed by atoms with E-state index in [4.69, 9.17) is 0 Å². The number of ether oxygens (including phenoxy) is 1. The van der Waals surface area contributed by atoms with Crippen molar-refractivity contribution >= 4 is 23.3 Å². The number of H-pyrrole nitrogens is 1. The summed E-state index contributed by atoms with van der Waals surface area (Å²) in [6.07, 6.45) is 0.844. The number of hydrazone groups is 1. The van der Waals surface area contributed by atoms with Crippen molar-refractivity contribution in [3.8, 4) is 0 Å². The summed E-state index contributed by atoms with van der Waals surface area (Å²) in [5.74, 6) is 0.572. The van der Waals surface area contributed by atoms with Gasteiger partial charge in [0.1, 0.15) is 0 Å². The Labute approximate surface area is 97.7 Å². The van der Waals surface area contributed by atoms with Crippen LogP contribution < -0.4 is 5.43 Å². The first-order chi connectivity index (χ1) is 8.29. The molecular weight excluding hydrogens is 220 g/mol. The molecule has 0 unspecified atom stereocenters. The molecule has 2 aromatic rings. The number of hydrogen-bond donors (Lipinski definition) is 2. The topological polar surface area (TPSA) is 79.4 Å². The number of nitrogens with one attached hydrogen (secondary N) is 2. The fourth-order valence-electron chi connectivity index (χ4n) is 1.34. The van der Waals surface area contributed by atoms with Crippen LogP contribution in [0.2, 0.25) is 0 Å². The van der Waals surface area contributed by atoms with E-state index in [0.717, 1.165) is 11.0 Å². The fraction of sp³-hybridized carbons (Fsp3) is 0.182. The number of para-hydroxylation sites is 2. The molecule has 0 aliphatic carbocycles. The number of carbonyl (C=O) groups excluding carboxylic acids is 1. The predicted molar refractivity (Wildman–Crippen MR) is 63.8 cm³/mol. The minimum atomic E-state index is -0.583. The highest BCUT2D eigenvalue weighted by atomic mass is 16.5. The van der Waals surface area contributed by atoms with Gasteiger partial charge in [0.15, 0.2) is 5.82 Å². The molecule has 0 atom stereocenters. The smallest absolute Gasteiger partial charge is 0.427 e. The van der Waals surface area contributed by atoms with E-state index in [2.05, 4.69) is 25.2 Å². The SMILES string of the molecule is CCOC(=O)NN=Cc1nc2ccccc2[nH]1. The molecule has 0 aliphatic heterocycles. The largest absolute Gasteiger partial charge is 0.449 e. The molecule has 6 nitrogen and oxygen atoms in total. The molecular formula is C11H12N4O2. The average molecular weight is 232 g/mol. The number of aromatic nitrogens is 2. The van der Waals surface area contributed by atoms with Gasteiger partial charge >= 0.3 is 6.09 Å². The fourth-order valence-corrected chi connectivity index (χ4v) is 1.34. The first kappa shape index (κ1) is 11.1. The second kappa shape index (κ2) is 5.11. The molecule has 2 rings (SSSR count). The lowest BCUT2D eigenvalue weighted by molar-refractivity contribution is 0.152. The van der Waals surface area contributed by atoms with Gasteiger partial charge in [-0.1, -0.05) is 12.1 Å². The number of amides is 1. The van der Waals surface area contributed by atoms with Gasteiger partial charge in [-0.15, -0.1) is 0 Å². The number of fused-ring (bicyclic) bond motifs is 1. The van der Waals surface area contributed by atoms with Crippen molar-refractivity contribution in [1.82, 2.24) is 15.4 Å². The van der Waals surface area contributed by atoms with Crippen LogP contribution in [-0.4, -0.2) is 28.9 Å². The van der Waals surface area contributed by atoms with Gasteiger partial charge in [-0.3, -0.25) is 0 Å². The van der Waals surface area contributed by atoms with Crippen molar-refractivity contribution in [3.63, 3.8) is 0 Å².